The molecule has 1 saturated heterocycles. The number of amides is 2. The zero-order chi connectivity index (χ0) is 18.6. The lowest BCUT2D eigenvalue weighted by Crippen LogP contribution is -2.51. The van der Waals surface area contributed by atoms with Crippen LogP contribution in [0.2, 0.25) is 0 Å². The molecule has 1 aromatic rings. The molecule has 0 spiro atoms. The van der Waals surface area contributed by atoms with Crippen molar-refractivity contribution in [1.29, 1.82) is 5.26 Å². The molecule has 2 N–H and O–H groups in total. The maximum atomic E-state index is 12.7. The number of pyridine rings is 1. The number of piperidine rings is 1. The summed E-state index contributed by atoms with van der Waals surface area (Å²) in [5, 5.41) is 11.8. The smallest absolute Gasteiger partial charge is 0.266 e. The van der Waals surface area contributed by atoms with Gasteiger partial charge in [0, 0.05) is 25.7 Å². The lowest BCUT2D eigenvalue weighted by molar-refractivity contribution is -0.142. The van der Waals surface area contributed by atoms with Crippen LogP contribution in [0.4, 0.5) is 0 Å². The molecule has 1 aromatic heterocycles. The summed E-state index contributed by atoms with van der Waals surface area (Å²) in [6, 6.07) is 1.52. The number of hydrogen-bond acceptors (Lipinski definition) is 4. The average Bonchev–Trinajstić information content (AvgIpc) is 2.60. The van der Waals surface area contributed by atoms with E-state index in [1.807, 2.05) is 6.07 Å². The largest absolute Gasteiger partial charge is 0.357 e. The number of aromatic nitrogens is 1. The lowest BCUT2D eigenvalue weighted by Gasteiger charge is -2.34. The van der Waals surface area contributed by atoms with Crippen molar-refractivity contribution in [2.45, 2.75) is 52.0 Å². The topological polar surface area (TPSA) is 106 Å². The van der Waals surface area contributed by atoms with Gasteiger partial charge in [0.15, 0.2) is 0 Å². The normalized spacial score (nSPS) is 17.0. The van der Waals surface area contributed by atoms with E-state index in [-0.39, 0.29) is 23.8 Å². The molecule has 0 aliphatic carbocycles. The molecular weight excluding hydrogens is 320 g/mol. The molecule has 1 aliphatic heterocycles. The maximum absolute atomic E-state index is 12.7. The number of carbonyl (C=O) groups is 2. The number of hydrogen-bond donors (Lipinski definition) is 2. The fraction of sp³-hybridized carbons (Fsp3) is 0.556. The number of aromatic amines is 1. The zero-order valence-electron chi connectivity index (χ0n) is 14.9. The van der Waals surface area contributed by atoms with Gasteiger partial charge in [-0.15, -0.1) is 0 Å². The Morgan fingerprint density at radius 3 is 2.72 bits per heavy atom. The molecule has 2 rings (SSSR count). The van der Waals surface area contributed by atoms with Crippen molar-refractivity contribution >= 4 is 11.8 Å². The van der Waals surface area contributed by atoms with Gasteiger partial charge in [0.05, 0.1) is 0 Å². The van der Waals surface area contributed by atoms with Gasteiger partial charge in [-0.1, -0.05) is 0 Å². The number of H-pyrrole nitrogens is 1. The van der Waals surface area contributed by atoms with Gasteiger partial charge in [0.2, 0.25) is 11.8 Å². The molecule has 0 saturated carbocycles. The van der Waals surface area contributed by atoms with Crippen LogP contribution in [0.25, 0.3) is 0 Å². The number of likely N-dealkylation sites (tertiary alicyclic amines) is 1. The second kappa shape index (κ2) is 7.97. The Morgan fingerprint density at radius 2 is 2.08 bits per heavy atom. The molecule has 2 amide bonds. The monoisotopic (exact) mass is 344 g/mol. The van der Waals surface area contributed by atoms with Crippen LogP contribution in [-0.4, -0.2) is 41.3 Å². The second-order valence-corrected chi connectivity index (χ2v) is 6.38. The Balaban J connectivity index is 2.16. The Bertz CT molecular complexity index is 776. The van der Waals surface area contributed by atoms with E-state index in [0.29, 0.717) is 30.6 Å². The van der Waals surface area contributed by atoms with E-state index in [4.69, 9.17) is 5.26 Å². The number of aryl methyl sites for hydroxylation is 1. The van der Waals surface area contributed by atoms with Crippen LogP contribution in [0, 0.1) is 25.2 Å². The van der Waals surface area contributed by atoms with Crippen LogP contribution in [0.15, 0.2) is 4.79 Å². The third kappa shape index (κ3) is 3.90. The lowest BCUT2D eigenvalue weighted by atomic mass is 9.97. The summed E-state index contributed by atoms with van der Waals surface area (Å²) in [4.78, 5) is 40.8. The molecule has 7 heteroatoms. The maximum Gasteiger partial charge on any atom is 0.266 e. The highest BCUT2D eigenvalue weighted by molar-refractivity contribution is 5.87. The number of rotatable bonds is 4. The standard InChI is InChI=1S/C18H24N4O3/c1-11-13(12(2)21-17(24)14(11)10-19)7-8-16(23)22-9-5-4-6-15(22)18(25)20-3/h15H,4-9H2,1-3H3,(H,20,25)(H,21,24)/t15-/m0/s1. The number of nitriles is 1. The summed E-state index contributed by atoms with van der Waals surface area (Å²) in [5.74, 6) is -0.201. The van der Waals surface area contributed by atoms with E-state index in [0.717, 1.165) is 18.4 Å². The van der Waals surface area contributed by atoms with E-state index in [2.05, 4.69) is 10.3 Å². The van der Waals surface area contributed by atoms with E-state index in [1.54, 1.807) is 25.8 Å². The van der Waals surface area contributed by atoms with Crippen LogP contribution in [0.3, 0.4) is 0 Å². The number of likely N-dealkylation sites (N-methyl/N-ethyl adjacent to an activating group) is 1. The Hall–Kier alpha value is -2.62. The van der Waals surface area contributed by atoms with Crippen LogP contribution >= 0.6 is 0 Å². The first-order chi connectivity index (χ1) is 11.9. The molecule has 1 atom stereocenters. The van der Waals surface area contributed by atoms with E-state index in [1.165, 1.54) is 0 Å². The second-order valence-electron chi connectivity index (χ2n) is 6.38. The highest BCUT2D eigenvalue weighted by Gasteiger charge is 2.31. The van der Waals surface area contributed by atoms with Crippen LogP contribution < -0.4 is 10.9 Å². The highest BCUT2D eigenvalue weighted by Crippen LogP contribution is 2.20. The van der Waals surface area contributed by atoms with Gasteiger partial charge < -0.3 is 15.2 Å². The number of carbonyl (C=O) groups excluding carboxylic acids is 2. The molecule has 134 valence electrons. The first kappa shape index (κ1) is 18.7. The Kier molecular flexibility index (Phi) is 5.97. The number of nitrogens with one attached hydrogen (secondary N) is 2. The molecular formula is C18H24N4O3. The highest BCUT2D eigenvalue weighted by atomic mass is 16.2. The molecule has 1 aliphatic rings. The molecule has 25 heavy (non-hydrogen) atoms. The minimum atomic E-state index is -0.404. The molecule has 0 bridgehead atoms. The average molecular weight is 344 g/mol. The van der Waals surface area contributed by atoms with Crippen LogP contribution in [0.1, 0.15) is 48.1 Å². The van der Waals surface area contributed by atoms with Crippen molar-refractivity contribution in [2.75, 3.05) is 13.6 Å². The van der Waals surface area contributed by atoms with Crippen LogP contribution in [-0.2, 0) is 16.0 Å². The van der Waals surface area contributed by atoms with Gasteiger partial charge in [0.25, 0.3) is 5.56 Å². The summed E-state index contributed by atoms with van der Waals surface area (Å²) in [5.41, 5.74) is 1.81. The van der Waals surface area contributed by atoms with Crippen molar-refractivity contribution in [3.8, 4) is 6.07 Å². The minimum absolute atomic E-state index is 0.0724. The molecule has 2 heterocycles. The van der Waals surface area contributed by atoms with Crippen molar-refractivity contribution in [3.05, 3.63) is 32.7 Å². The molecule has 0 unspecified atom stereocenters. The van der Waals surface area contributed by atoms with Gasteiger partial charge in [-0.05, 0) is 50.7 Å². The van der Waals surface area contributed by atoms with Crippen molar-refractivity contribution < 1.29 is 9.59 Å². The Labute approximate surface area is 147 Å². The summed E-state index contributed by atoms with van der Waals surface area (Å²) < 4.78 is 0. The quantitative estimate of drug-likeness (QED) is 0.847. The predicted molar refractivity (Wildman–Crippen MR) is 93.0 cm³/mol. The summed E-state index contributed by atoms with van der Waals surface area (Å²) in [6.07, 6.45) is 3.19. The Morgan fingerprint density at radius 1 is 1.36 bits per heavy atom. The molecule has 1 fully saturated rings. The molecule has 0 radical (unpaired) electrons. The van der Waals surface area contributed by atoms with Gasteiger partial charge in [-0.3, -0.25) is 14.4 Å². The van der Waals surface area contributed by atoms with Crippen molar-refractivity contribution in [2.24, 2.45) is 0 Å². The zero-order valence-corrected chi connectivity index (χ0v) is 14.9. The van der Waals surface area contributed by atoms with E-state index in [9.17, 15) is 14.4 Å². The van der Waals surface area contributed by atoms with E-state index >= 15 is 0 Å². The van der Waals surface area contributed by atoms with Gasteiger partial charge in [-0.25, -0.2) is 0 Å². The minimum Gasteiger partial charge on any atom is -0.357 e. The first-order valence-electron chi connectivity index (χ1n) is 8.54. The SMILES string of the molecule is CNC(=O)[C@@H]1CCCCN1C(=O)CCc1c(C)[nH]c(=O)c(C#N)c1C. The molecule has 7 nitrogen and oxygen atoms in total. The van der Waals surface area contributed by atoms with Crippen LogP contribution in [0.5, 0.6) is 0 Å². The fourth-order valence-corrected chi connectivity index (χ4v) is 3.47. The summed E-state index contributed by atoms with van der Waals surface area (Å²) >= 11 is 0. The predicted octanol–water partition coefficient (Wildman–Crippen LogP) is 0.923. The fourth-order valence-electron chi connectivity index (χ4n) is 3.47. The first-order valence-corrected chi connectivity index (χ1v) is 8.54. The number of nitrogens with zero attached hydrogens (tertiary/aromatic N) is 2. The van der Waals surface area contributed by atoms with Crippen molar-refractivity contribution in [1.82, 2.24) is 15.2 Å². The van der Waals surface area contributed by atoms with Gasteiger partial charge in [-0.2, -0.15) is 5.26 Å². The third-order valence-electron chi connectivity index (χ3n) is 4.88. The molecule has 0 aromatic carbocycles. The van der Waals surface area contributed by atoms with Gasteiger partial charge >= 0.3 is 0 Å². The van der Waals surface area contributed by atoms with E-state index < -0.39 is 11.6 Å². The van der Waals surface area contributed by atoms with Crippen molar-refractivity contribution in [3.63, 3.8) is 0 Å². The summed E-state index contributed by atoms with van der Waals surface area (Å²) in [7, 11) is 1.58. The van der Waals surface area contributed by atoms with Gasteiger partial charge in [0.1, 0.15) is 17.7 Å². The summed E-state index contributed by atoms with van der Waals surface area (Å²) in [6.45, 7) is 4.09. The third-order valence-corrected chi connectivity index (χ3v) is 4.88.